The van der Waals surface area contributed by atoms with Crippen LogP contribution in [0.3, 0.4) is 0 Å². The summed E-state index contributed by atoms with van der Waals surface area (Å²) in [5.74, 6) is -3.24. The standard InChI is InChI=1S/C17H16F2N2O2/c1-16(2)10-21(15(22)23)13-8-12(9-20-14(13)16)17(18,19)11-6-4-3-5-7-11/h3-9H,10H2,1-2H3,(H,22,23). The average molecular weight is 318 g/mol. The smallest absolute Gasteiger partial charge is 0.411 e. The van der Waals surface area contributed by atoms with E-state index in [4.69, 9.17) is 0 Å². The van der Waals surface area contributed by atoms with E-state index < -0.39 is 17.4 Å². The van der Waals surface area contributed by atoms with Crippen LogP contribution in [0.5, 0.6) is 0 Å². The summed E-state index contributed by atoms with van der Waals surface area (Å²) in [4.78, 5) is 16.6. The van der Waals surface area contributed by atoms with Crippen LogP contribution in [0.2, 0.25) is 0 Å². The van der Waals surface area contributed by atoms with E-state index in [1.165, 1.54) is 30.3 Å². The van der Waals surface area contributed by atoms with Gasteiger partial charge in [-0.15, -0.1) is 0 Å². The summed E-state index contributed by atoms with van der Waals surface area (Å²) < 4.78 is 29.3. The molecular formula is C17H16F2N2O2. The maximum Gasteiger partial charge on any atom is 0.411 e. The number of halogens is 2. The summed E-state index contributed by atoms with van der Waals surface area (Å²) in [5, 5.41) is 9.31. The van der Waals surface area contributed by atoms with Gasteiger partial charge >= 0.3 is 6.09 Å². The molecule has 1 aliphatic heterocycles. The molecule has 0 radical (unpaired) electrons. The number of anilines is 1. The summed E-state index contributed by atoms with van der Waals surface area (Å²) in [5.41, 5.74) is -0.218. The third-order valence-electron chi connectivity index (χ3n) is 4.08. The van der Waals surface area contributed by atoms with Crippen LogP contribution >= 0.6 is 0 Å². The van der Waals surface area contributed by atoms with Gasteiger partial charge in [0.15, 0.2) is 0 Å². The van der Waals surface area contributed by atoms with Gasteiger partial charge in [0, 0.05) is 29.3 Å². The zero-order valence-electron chi connectivity index (χ0n) is 12.8. The number of hydrogen-bond acceptors (Lipinski definition) is 2. The molecule has 23 heavy (non-hydrogen) atoms. The van der Waals surface area contributed by atoms with Gasteiger partial charge in [-0.05, 0) is 6.07 Å². The highest BCUT2D eigenvalue weighted by Gasteiger charge is 2.42. The molecular weight excluding hydrogens is 302 g/mol. The number of alkyl halides is 2. The Kier molecular flexibility index (Phi) is 3.35. The predicted molar refractivity (Wildman–Crippen MR) is 82.1 cm³/mol. The lowest BCUT2D eigenvalue weighted by molar-refractivity contribution is 0.0425. The van der Waals surface area contributed by atoms with Crippen LogP contribution < -0.4 is 4.90 Å². The minimum Gasteiger partial charge on any atom is -0.465 e. The number of rotatable bonds is 2. The molecule has 120 valence electrons. The van der Waals surface area contributed by atoms with Crippen LogP contribution in [0.25, 0.3) is 0 Å². The Morgan fingerprint density at radius 1 is 1.26 bits per heavy atom. The Morgan fingerprint density at radius 2 is 1.91 bits per heavy atom. The van der Waals surface area contributed by atoms with Crippen molar-refractivity contribution in [3.63, 3.8) is 0 Å². The molecule has 0 bridgehead atoms. The fraction of sp³-hybridized carbons (Fsp3) is 0.294. The lowest BCUT2D eigenvalue weighted by atomic mass is 9.90. The van der Waals surface area contributed by atoms with Gasteiger partial charge in [0.05, 0.1) is 11.4 Å². The van der Waals surface area contributed by atoms with Crippen molar-refractivity contribution >= 4 is 11.8 Å². The first-order chi connectivity index (χ1) is 10.7. The molecule has 1 amide bonds. The molecule has 1 aliphatic rings. The molecule has 0 aliphatic carbocycles. The summed E-state index contributed by atoms with van der Waals surface area (Å²) in [6.07, 6.45) is -0.0299. The lowest BCUT2D eigenvalue weighted by Gasteiger charge is -2.19. The van der Waals surface area contributed by atoms with E-state index in [0.29, 0.717) is 5.69 Å². The van der Waals surface area contributed by atoms with Crippen molar-refractivity contribution in [2.24, 2.45) is 0 Å². The molecule has 0 fully saturated rings. The van der Waals surface area contributed by atoms with Gasteiger partial charge in [0.1, 0.15) is 0 Å². The monoisotopic (exact) mass is 318 g/mol. The fourth-order valence-electron chi connectivity index (χ4n) is 2.89. The Morgan fingerprint density at radius 3 is 2.52 bits per heavy atom. The number of hydrogen-bond donors (Lipinski definition) is 1. The second kappa shape index (κ2) is 5.01. The molecule has 1 aromatic carbocycles. The van der Waals surface area contributed by atoms with E-state index in [0.717, 1.165) is 11.1 Å². The first-order valence-electron chi connectivity index (χ1n) is 7.18. The van der Waals surface area contributed by atoms with Crippen LogP contribution in [-0.2, 0) is 11.3 Å². The number of amides is 1. The van der Waals surface area contributed by atoms with E-state index in [2.05, 4.69) is 4.98 Å². The van der Waals surface area contributed by atoms with Gasteiger partial charge in [-0.2, -0.15) is 8.78 Å². The fourth-order valence-corrected chi connectivity index (χ4v) is 2.89. The summed E-state index contributed by atoms with van der Waals surface area (Å²) >= 11 is 0. The zero-order chi connectivity index (χ0) is 16.8. The molecule has 0 spiro atoms. The number of benzene rings is 1. The van der Waals surface area contributed by atoms with Gasteiger partial charge in [0.25, 0.3) is 5.92 Å². The van der Waals surface area contributed by atoms with E-state index in [9.17, 15) is 18.7 Å². The third-order valence-corrected chi connectivity index (χ3v) is 4.08. The molecule has 0 unspecified atom stereocenters. The first kappa shape index (κ1) is 15.4. The highest BCUT2D eigenvalue weighted by atomic mass is 19.3. The topological polar surface area (TPSA) is 53.4 Å². The molecule has 0 saturated heterocycles. The molecule has 1 N–H and O–H groups in total. The van der Waals surface area contributed by atoms with Gasteiger partial charge in [-0.25, -0.2) is 4.79 Å². The van der Waals surface area contributed by atoms with Gasteiger partial charge in [-0.1, -0.05) is 44.2 Å². The maximum atomic E-state index is 14.7. The summed E-state index contributed by atoms with van der Waals surface area (Å²) in [6.45, 7) is 3.89. The minimum absolute atomic E-state index is 0.152. The Labute approximate surface area is 132 Å². The van der Waals surface area contributed by atoms with E-state index in [1.54, 1.807) is 6.07 Å². The number of nitrogens with zero attached hydrogens (tertiary/aromatic N) is 2. The van der Waals surface area contributed by atoms with Crippen molar-refractivity contribution in [3.05, 3.63) is 59.4 Å². The van der Waals surface area contributed by atoms with Crippen molar-refractivity contribution in [3.8, 4) is 0 Å². The average Bonchev–Trinajstić information content (AvgIpc) is 2.80. The molecule has 2 heterocycles. The number of aromatic nitrogens is 1. The Bertz CT molecular complexity index is 760. The van der Waals surface area contributed by atoms with Crippen molar-refractivity contribution in [2.45, 2.75) is 25.2 Å². The van der Waals surface area contributed by atoms with Crippen LogP contribution in [0, 0.1) is 0 Å². The SMILES string of the molecule is CC1(C)CN(C(=O)O)c2cc(C(F)(F)c3ccccc3)cnc21. The maximum absolute atomic E-state index is 14.7. The highest BCUT2D eigenvalue weighted by Crippen LogP contribution is 2.43. The quantitative estimate of drug-likeness (QED) is 0.910. The van der Waals surface area contributed by atoms with Crippen LogP contribution in [0.15, 0.2) is 42.6 Å². The van der Waals surface area contributed by atoms with Crippen molar-refractivity contribution < 1.29 is 18.7 Å². The van der Waals surface area contributed by atoms with Crippen molar-refractivity contribution in [1.29, 1.82) is 0 Å². The van der Waals surface area contributed by atoms with E-state index in [1.807, 2.05) is 13.8 Å². The third kappa shape index (κ3) is 2.44. The van der Waals surface area contributed by atoms with Crippen molar-refractivity contribution in [2.75, 3.05) is 11.4 Å². The number of carboxylic acid groups (broad SMARTS) is 1. The number of pyridine rings is 1. The molecule has 3 rings (SSSR count). The first-order valence-corrected chi connectivity index (χ1v) is 7.18. The molecule has 4 nitrogen and oxygen atoms in total. The summed E-state index contributed by atoms with van der Waals surface area (Å²) in [6, 6.07) is 8.65. The Balaban J connectivity index is 2.11. The molecule has 6 heteroatoms. The number of fused-ring (bicyclic) bond motifs is 1. The van der Waals surface area contributed by atoms with Crippen LogP contribution in [0.1, 0.15) is 30.7 Å². The molecule has 2 aromatic rings. The number of carbonyl (C=O) groups is 1. The largest absolute Gasteiger partial charge is 0.465 e. The molecule has 0 atom stereocenters. The lowest BCUT2D eigenvalue weighted by Crippen LogP contribution is -2.32. The highest BCUT2D eigenvalue weighted by molar-refractivity contribution is 5.89. The van der Waals surface area contributed by atoms with E-state index in [-0.39, 0.29) is 23.4 Å². The van der Waals surface area contributed by atoms with Crippen LogP contribution in [-0.4, -0.2) is 22.7 Å². The predicted octanol–water partition coefficient (Wildman–Crippen LogP) is 4.00. The normalized spacial score (nSPS) is 16.3. The zero-order valence-corrected chi connectivity index (χ0v) is 12.8. The van der Waals surface area contributed by atoms with Gasteiger partial charge in [0.2, 0.25) is 0 Å². The van der Waals surface area contributed by atoms with Gasteiger partial charge in [-0.3, -0.25) is 9.88 Å². The van der Waals surface area contributed by atoms with E-state index >= 15 is 0 Å². The van der Waals surface area contributed by atoms with Crippen molar-refractivity contribution in [1.82, 2.24) is 4.98 Å². The van der Waals surface area contributed by atoms with Gasteiger partial charge < -0.3 is 5.11 Å². The molecule has 1 aromatic heterocycles. The Hall–Kier alpha value is -2.50. The molecule has 0 saturated carbocycles. The second-order valence-electron chi connectivity index (χ2n) is 6.28. The summed E-state index contributed by atoms with van der Waals surface area (Å²) in [7, 11) is 0. The minimum atomic E-state index is -3.24. The second-order valence-corrected chi connectivity index (χ2v) is 6.28. The van der Waals surface area contributed by atoms with Crippen LogP contribution in [0.4, 0.5) is 19.3 Å².